The van der Waals surface area contributed by atoms with Crippen molar-refractivity contribution in [2.24, 2.45) is 0 Å². The molecule has 1 saturated carbocycles. The van der Waals surface area contributed by atoms with E-state index in [4.69, 9.17) is 4.84 Å². The van der Waals surface area contributed by atoms with Crippen LogP contribution in [-0.4, -0.2) is 23.6 Å². The van der Waals surface area contributed by atoms with Gasteiger partial charge in [0.15, 0.2) is 0 Å². The SMILES string of the molecule is O=C1CCON1c1cccc(C2(C(=O)O)CCCC2)c1. The number of hydrogen-bond donors (Lipinski definition) is 1. The van der Waals surface area contributed by atoms with Crippen LogP contribution in [-0.2, 0) is 19.8 Å². The minimum Gasteiger partial charge on any atom is -0.481 e. The summed E-state index contributed by atoms with van der Waals surface area (Å²) in [6.45, 7) is 0.382. The molecule has 0 radical (unpaired) electrons. The number of amides is 1. The third-order valence-corrected chi connectivity index (χ3v) is 4.26. The lowest BCUT2D eigenvalue weighted by Gasteiger charge is -2.25. The highest BCUT2D eigenvalue weighted by atomic mass is 16.7. The summed E-state index contributed by atoms with van der Waals surface area (Å²) < 4.78 is 0. The third kappa shape index (κ3) is 1.98. The van der Waals surface area contributed by atoms with Gasteiger partial charge in [0.2, 0.25) is 0 Å². The first-order valence-electron chi connectivity index (χ1n) is 6.93. The van der Waals surface area contributed by atoms with Crippen LogP contribution >= 0.6 is 0 Å². The van der Waals surface area contributed by atoms with E-state index in [1.807, 2.05) is 6.07 Å². The number of benzene rings is 1. The van der Waals surface area contributed by atoms with Crippen molar-refractivity contribution in [3.05, 3.63) is 29.8 Å². The van der Waals surface area contributed by atoms with Gasteiger partial charge in [-0.3, -0.25) is 14.4 Å². The fourth-order valence-electron chi connectivity index (χ4n) is 3.15. The molecule has 20 heavy (non-hydrogen) atoms. The number of carbonyl (C=O) groups is 2. The molecule has 1 aliphatic carbocycles. The summed E-state index contributed by atoms with van der Waals surface area (Å²) in [7, 11) is 0. The largest absolute Gasteiger partial charge is 0.481 e. The number of nitrogens with zero attached hydrogens (tertiary/aromatic N) is 1. The highest BCUT2D eigenvalue weighted by Crippen LogP contribution is 2.42. The molecule has 5 heteroatoms. The van der Waals surface area contributed by atoms with Gasteiger partial charge in [-0.1, -0.05) is 25.0 Å². The van der Waals surface area contributed by atoms with E-state index < -0.39 is 11.4 Å². The van der Waals surface area contributed by atoms with Gasteiger partial charge in [-0.05, 0) is 30.5 Å². The van der Waals surface area contributed by atoms with E-state index in [1.54, 1.807) is 18.2 Å². The lowest BCUT2D eigenvalue weighted by atomic mass is 9.79. The second kappa shape index (κ2) is 4.90. The topological polar surface area (TPSA) is 66.8 Å². The van der Waals surface area contributed by atoms with E-state index in [1.165, 1.54) is 5.06 Å². The first-order valence-corrected chi connectivity index (χ1v) is 6.93. The molecule has 0 unspecified atom stereocenters. The monoisotopic (exact) mass is 275 g/mol. The van der Waals surface area contributed by atoms with E-state index in [0.29, 0.717) is 31.6 Å². The minimum absolute atomic E-state index is 0.0852. The molecule has 1 saturated heterocycles. The number of carboxylic acid groups (broad SMARTS) is 1. The van der Waals surface area contributed by atoms with Gasteiger partial charge in [0, 0.05) is 0 Å². The van der Waals surface area contributed by atoms with Gasteiger partial charge in [-0.2, -0.15) is 5.06 Å². The van der Waals surface area contributed by atoms with Crippen molar-refractivity contribution in [2.75, 3.05) is 11.7 Å². The van der Waals surface area contributed by atoms with Crippen LogP contribution in [0.5, 0.6) is 0 Å². The molecule has 1 aromatic carbocycles. The quantitative estimate of drug-likeness (QED) is 0.918. The maximum atomic E-state index is 11.7. The molecule has 2 aliphatic rings. The Morgan fingerprint density at radius 3 is 2.65 bits per heavy atom. The number of rotatable bonds is 3. The van der Waals surface area contributed by atoms with Crippen LogP contribution in [0.3, 0.4) is 0 Å². The molecule has 1 aromatic rings. The van der Waals surface area contributed by atoms with Crippen LogP contribution < -0.4 is 5.06 Å². The van der Waals surface area contributed by atoms with Crippen molar-refractivity contribution in [3.8, 4) is 0 Å². The molecule has 3 rings (SSSR count). The average Bonchev–Trinajstić information content (AvgIpc) is 3.08. The number of carboxylic acids is 1. The van der Waals surface area contributed by atoms with Crippen LogP contribution in [0.1, 0.15) is 37.7 Å². The smallest absolute Gasteiger partial charge is 0.314 e. The van der Waals surface area contributed by atoms with E-state index in [2.05, 4.69) is 0 Å². The second-order valence-electron chi connectivity index (χ2n) is 5.42. The summed E-state index contributed by atoms with van der Waals surface area (Å²) in [4.78, 5) is 28.7. The molecule has 1 aliphatic heterocycles. The molecule has 1 amide bonds. The molecule has 106 valence electrons. The summed E-state index contributed by atoms with van der Waals surface area (Å²) in [5, 5.41) is 10.9. The Bertz CT molecular complexity index is 549. The highest BCUT2D eigenvalue weighted by Gasteiger charge is 2.43. The summed E-state index contributed by atoms with van der Waals surface area (Å²) in [6.07, 6.45) is 3.53. The summed E-state index contributed by atoms with van der Waals surface area (Å²) in [5.41, 5.74) is 0.583. The Labute approximate surface area is 117 Å². The molecule has 1 heterocycles. The number of anilines is 1. The lowest BCUT2D eigenvalue weighted by Crippen LogP contribution is -2.33. The van der Waals surface area contributed by atoms with Gasteiger partial charge in [0.1, 0.15) is 0 Å². The molecule has 5 nitrogen and oxygen atoms in total. The van der Waals surface area contributed by atoms with Crippen molar-refractivity contribution in [3.63, 3.8) is 0 Å². The Kier molecular flexibility index (Phi) is 3.22. The van der Waals surface area contributed by atoms with Crippen LogP contribution in [0.4, 0.5) is 5.69 Å². The van der Waals surface area contributed by atoms with E-state index in [-0.39, 0.29) is 5.91 Å². The first-order chi connectivity index (χ1) is 9.63. The maximum absolute atomic E-state index is 11.7. The van der Waals surface area contributed by atoms with E-state index in [0.717, 1.165) is 18.4 Å². The van der Waals surface area contributed by atoms with Crippen LogP contribution in [0.15, 0.2) is 24.3 Å². The molecule has 2 fully saturated rings. The molecule has 0 aromatic heterocycles. The fourth-order valence-corrected chi connectivity index (χ4v) is 3.15. The number of hydrogen-bond acceptors (Lipinski definition) is 3. The molecule has 0 spiro atoms. The highest BCUT2D eigenvalue weighted by molar-refractivity contribution is 5.93. The first kappa shape index (κ1) is 13.1. The van der Waals surface area contributed by atoms with Crippen LogP contribution in [0.25, 0.3) is 0 Å². The van der Waals surface area contributed by atoms with Crippen molar-refractivity contribution in [2.45, 2.75) is 37.5 Å². The van der Waals surface area contributed by atoms with Crippen molar-refractivity contribution in [1.82, 2.24) is 0 Å². The predicted octanol–water partition coefficient (Wildman–Crippen LogP) is 2.25. The van der Waals surface area contributed by atoms with Crippen molar-refractivity contribution >= 4 is 17.6 Å². The van der Waals surface area contributed by atoms with Gasteiger partial charge in [-0.15, -0.1) is 0 Å². The Hall–Kier alpha value is -1.88. The van der Waals surface area contributed by atoms with Gasteiger partial charge in [-0.25, -0.2) is 0 Å². The Balaban J connectivity index is 1.98. The number of aliphatic carboxylic acids is 1. The van der Waals surface area contributed by atoms with Crippen molar-refractivity contribution in [1.29, 1.82) is 0 Å². The summed E-state index contributed by atoms with van der Waals surface area (Å²) in [5.74, 6) is -0.862. The van der Waals surface area contributed by atoms with E-state index in [9.17, 15) is 14.7 Å². The van der Waals surface area contributed by atoms with E-state index >= 15 is 0 Å². The Morgan fingerprint density at radius 1 is 1.30 bits per heavy atom. The average molecular weight is 275 g/mol. The van der Waals surface area contributed by atoms with Gasteiger partial charge in [0.05, 0.1) is 24.1 Å². The van der Waals surface area contributed by atoms with Gasteiger partial charge in [0.25, 0.3) is 5.91 Å². The zero-order chi connectivity index (χ0) is 14.2. The summed E-state index contributed by atoms with van der Waals surface area (Å²) >= 11 is 0. The molecule has 1 N–H and O–H groups in total. The normalized spacial score (nSPS) is 21.4. The minimum atomic E-state index is -0.807. The predicted molar refractivity (Wildman–Crippen MR) is 72.3 cm³/mol. The standard InChI is InChI=1S/C15H17NO4/c17-13-6-9-20-16(13)12-5-3-4-11(10-12)15(14(18)19)7-1-2-8-15/h3-5,10H,1-2,6-9H2,(H,18,19). The second-order valence-corrected chi connectivity index (χ2v) is 5.42. The van der Waals surface area contributed by atoms with Crippen LogP contribution in [0.2, 0.25) is 0 Å². The van der Waals surface area contributed by atoms with Crippen LogP contribution in [0, 0.1) is 0 Å². The molecule has 0 bridgehead atoms. The third-order valence-electron chi connectivity index (χ3n) is 4.26. The molecular formula is C15H17NO4. The zero-order valence-electron chi connectivity index (χ0n) is 11.2. The number of hydroxylamine groups is 1. The molecular weight excluding hydrogens is 258 g/mol. The van der Waals surface area contributed by atoms with Crippen molar-refractivity contribution < 1.29 is 19.5 Å². The van der Waals surface area contributed by atoms with Gasteiger partial charge < -0.3 is 5.11 Å². The fraction of sp³-hybridized carbons (Fsp3) is 0.467. The summed E-state index contributed by atoms with van der Waals surface area (Å²) in [6, 6.07) is 7.19. The Morgan fingerprint density at radius 2 is 2.05 bits per heavy atom. The maximum Gasteiger partial charge on any atom is 0.314 e. The lowest BCUT2D eigenvalue weighted by molar-refractivity contribution is -0.143. The van der Waals surface area contributed by atoms with Gasteiger partial charge >= 0.3 is 5.97 Å². The molecule has 0 atom stereocenters. The number of carbonyl (C=O) groups excluding carboxylic acids is 1. The zero-order valence-corrected chi connectivity index (χ0v) is 11.2.